The maximum atomic E-state index is 13.3. The van der Waals surface area contributed by atoms with E-state index in [1.165, 1.54) is 23.5 Å². The van der Waals surface area contributed by atoms with Gasteiger partial charge in [0.15, 0.2) is 0 Å². The molecule has 1 aromatic carbocycles. The summed E-state index contributed by atoms with van der Waals surface area (Å²) in [4.78, 5) is 13.0. The van der Waals surface area contributed by atoms with E-state index in [0.717, 1.165) is 10.4 Å². The third-order valence-electron chi connectivity index (χ3n) is 2.78. The monoisotopic (exact) mass is 302 g/mol. The van der Waals surface area contributed by atoms with E-state index in [1.807, 2.05) is 11.4 Å². The molecule has 0 unspecified atom stereocenters. The molecular formula is C16H15FN2OS. The Morgan fingerprint density at radius 1 is 1.43 bits per heavy atom. The average Bonchev–Trinajstić information content (AvgIpc) is 2.88. The summed E-state index contributed by atoms with van der Waals surface area (Å²) in [5, 5.41) is 4.69. The lowest BCUT2D eigenvalue weighted by molar-refractivity contribution is 0.0950. The third-order valence-corrected chi connectivity index (χ3v) is 3.71. The summed E-state index contributed by atoms with van der Waals surface area (Å²) in [6.07, 6.45) is 0. The number of carbonyl (C=O) groups excluding carboxylic acids is 1. The molecule has 0 fully saturated rings. The molecule has 2 rings (SSSR count). The Bertz CT molecular complexity index is 692. The number of nitrogens with two attached hydrogens (primary N) is 1. The molecule has 0 aliphatic rings. The second-order valence-corrected chi connectivity index (χ2v) is 5.46. The highest BCUT2D eigenvalue weighted by molar-refractivity contribution is 7.10. The Balaban J connectivity index is 2.06. The quantitative estimate of drug-likeness (QED) is 0.856. The van der Waals surface area contributed by atoms with Crippen LogP contribution in [0.2, 0.25) is 0 Å². The van der Waals surface area contributed by atoms with Gasteiger partial charge >= 0.3 is 0 Å². The first-order chi connectivity index (χ1) is 10.1. The van der Waals surface area contributed by atoms with E-state index < -0.39 is 5.82 Å². The zero-order valence-corrected chi connectivity index (χ0v) is 12.4. The number of halogens is 1. The van der Waals surface area contributed by atoms with Crippen LogP contribution in [-0.4, -0.2) is 12.5 Å². The topological polar surface area (TPSA) is 55.1 Å². The van der Waals surface area contributed by atoms with Gasteiger partial charge in [-0.3, -0.25) is 4.79 Å². The minimum absolute atomic E-state index is 0.296. The summed E-state index contributed by atoms with van der Waals surface area (Å²) in [6, 6.07) is 6.16. The van der Waals surface area contributed by atoms with Crippen molar-refractivity contribution in [2.45, 2.75) is 13.5 Å². The molecule has 21 heavy (non-hydrogen) atoms. The first-order valence-electron chi connectivity index (χ1n) is 6.41. The summed E-state index contributed by atoms with van der Waals surface area (Å²) in [7, 11) is 0. The Kier molecular flexibility index (Phi) is 5.09. The Hall–Kier alpha value is -2.16. The molecule has 0 aliphatic heterocycles. The van der Waals surface area contributed by atoms with Crippen LogP contribution < -0.4 is 11.1 Å². The summed E-state index contributed by atoms with van der Waals surface area (Å²) in [5.41, 5.74) is 7.24. The molecule has 0 aliphatic carbocycles. The van der Waals surface area contributed by atoms with Crippen LogP contribution in [0.25, 0.3) is 0 Å². The van der Waals surface area contributed by atoms with Gasteiger partial charge in [0.1, 0.15) is 5.82 Å². The molecule has 3 nitrogen and oxygen atoms in total. The first-order valence-corrected chi connectivity index (χ1v) is 7.29. The number of aryl methyl sites for hydroxylation is 1. The van der Waals surface area contributed by atoms with Crippen LogP contribution in [0.5, 0.6) is 0 Å². The van der Waals surface area contributed by atoms with E-state index in [1.54, 1.807) is 13.0 Å². The van der Waals surface area contributed by atoms with E-state index in [0.29, 0.717) is 24.2 Å². The predicted octanol–water partition coefficient (Wildman–Crippen LogP) is 2.44. The molecule has 2 aromatic rings. The fourth-order valence-corrected chi connectivity index (χ4v) is 2.64. The van der Waals surface area contributed by atoms with Crippen molar-refractivity contribution in [3.63, 3.8) is 0 Å². The Morgan fingerprint density at radius 3 is 2.95 bits per heavy atom. The van der Waals surface area contributed by atoms with Crippen LogP contribution in [0, 0.1) is 24.6 Å². The molecule has 0 radical (unpaired) electrons. The van der Waals surface area contributed by atoms with Gasteiger partial charge in [-0.2, -0.15) is 0 Å². The maximum Gasteiger partial charge on any atom is 0.251 e. The minimum Gasteiger partial charge on any atom is -0.347 e. The van der Waals surface area contributed by atoms with Crippen LogP contribution in [0.4, 0.5) is 4.39 Å². The highest BCUT2D eigenvalue weighted by Crippen LogP contribution is 2.16. The van der Waals surface area contributed by atoms with Crippen LogP contribution in [0.3, 0.4) is 0 Å². The zero-order valence-electron chi connectivity index (χ0n) is 11.6. The van der Waals surface area contributed by atoms with Crippen molar-refractivity contribution >= 4 is 17.2 Å². The Morgan fingerprint density at radius 2 is 2.24 bits per heavy atom. The summed E-state index contributed by atoms with van der Waals surface area (Å²) in [5.74, 6) is 5.03. The molecule has 0 atom stereocenters. The van der Waals surface area contributed by atoms with Gasteiger partial charge in [-0.15, -0.1) is 11.3 Å². The smallest absolute Gasteiger partial charge is 0.251 e. The van der Waals surface area contributed by atoms with E-state index in [2.05, 4.69) is 17.2 Å². The third kappa shape index (κ3) is 4.15. The van der Waals surface area contributed by atoms with Crippen LogP contribution >= 0.6 is 11.3 Å². The van der Waals surface area contributed by atoms with Gasteiger partial charge in [0.25, 0.3) is 5.91 Å². The summed E-state index contributed by atoms with van der Waals surface area (Å²) < 4.78 is 13.3. The van der Waals surface area contributed by atoms with Gasteiger partial charge in [-0.25, -0.2) is 4.39 Å². The number of amides is 1. The van der Waals surface area contributed by atoms with Crippen molar-refractivity contribution in [3.05, 3.63) is 57.0 Å². The van der Waals surface area contributed by atoms with Crippen molar-refractivity contribution in [3.8, 4) is 11.8 Å². The highest BCUT2D eigenvalue weighted by atomic mass is 32.1. The van der Waals surface area contributed by atoms with Crippen molar-refractivity contribution in [2.24, 2.45) is 5.73 Å². The lowest BCUT2D eigenvalue weighted by atomic mass is 10.1. The molecule has 0 saturated carbocycles. The zero-order chi connectivity index (χ0) is 15.2. The molecule has 0 saturated heterocycles. The molecular weight excluding hydrogens is 287 g/mol. The minimum atomic E-state index is -0.411. The predicted molar refractivity (Wildman–Crippen MR) is 82.6 cm³/mol. The maximum absolute atomic E-state index is 13.3. The SMILES string of the molecule is Cc1cc(F)cc(C(=O)NCc2sccc2C#CCN)c1. The summed E-state index contributed by atoms with van der Waals surface area (Å²) >= 11 is 1.51. The number of nitrogens with one attached hydrogen (secondary N) is 1. The molecule has 0 bridgehead atoms. The van der Waals surface area contributed by atoms with E-state index >= 15 is 0 Å². The molecule has 3 N–H and O–H groups in total. The molecule has 108 valence electrons. The number of benzene rings is 1. The second kappa shape index (κ2) is 7.02. The standard InChI is InChI=1S/C16H15FN2OS/c1-11-7-13(9-14(17)8-11)16(20)19-10-15-12(3-2-5-18)4-6-21-15/h4,6-9H,5,10,18H2,1H3,(H,19,20). The Labute approximate surface area is 127 Å². The van der Waals surface area contributed by atoms with E-state index in [4.69, 9.17) is 5.73 Å². The van der Waals surface area contributed by atoms with Gasteiger partial charge in [-0.05, 0) is 42.1 Å². The largest absolute Gasteiger partial charge is 0.347 e. The van der Waals surface area contributed by atoms with Crippen molar-refractivity contribution < 1.29 is 9.18 Å². The lowest BCUT2D eigenvalue weighted by Gasteiger charge is -2.05. The van der Waals surface area contributed by atoms with Crippen LogP contribution in [0.15, 0.2) is 29.6 Å². The first kappa shape index (κ1) is 15.2. The number of rotatable bonds is 3. The van der Waals surface area contributed by atoms with Gasteiger partial charge in [0, 0.05) is 16.0 Å². The van der Waals surface area contributed by atoms with Gasteiger partial charge in [-0.1, -0.05) is 11.8 Å². The van der Waals surface area contributed by atoms with Gasteiger partial charge < -0.3 is 11.1 Å². The van der Waals surface area contributed by atoms with Crippen molar-refractivity contribution in [1.29, 1.82) is 0 Å². The van der Waals surface area contributed by atoms with Crippen molar-refractivity contribution in [2.75, 3.05) is 6.54 Å². The highest BCUT2D eigenvalue weighted by Gasteiger charge is 2.09. The molecule has 0 spiro atoms. The fourth-order valence-electron chi connectivity index (χ4n) is 1.87. The molecule has 1 aromatic heterocycles. The number of hydrogen-bond acceptors (Lipinski definition) is 3. The lowest BCUT2D eigenvalue weighted by Crippen LogP contribution is -2.22. The van der Waals surface area contributed by atoms with E-state index in [-0.39, 0.29) is 5.91 Å². The molecule has 1 heterocycles. The number of carbonyl (C=O) groups is 1. The van der Waals surface area contributed by atoms with Crippen molar-refractivity contribution in [1.82, 2.24) is 5.32 Å². The number of hydrogen-bond donors (Lipinski definition) is 2. The normalized spacial score (nSPS) is 9.86. The van der Waals surface area contributed by atoms with Gasteiger partial charge in [0.05, 0.1) is 13.1 Å². The van der Waals surface area contributed by atoms with Crippen LogP contribution in [0.1, 0.15) is 26.4 Å². The average molecular weight is 302 g/mol. The van der Waals surface area contributed by atoms with Crippen LogP contribution in [-0.2, 0) is 6.54 Å². The van der Waals surface area contributed by atoms with E-state index in [9.17, 15) is 9.18 Å². The number of thiophene rings is 1. The molecule has 5 heteroatoms. The summed E-state index contributed by atoms with van der Waals surface area (Å²) in [6.45, 7) is 2.41. The van der Waals surface area contributed by atoms with Gasteiger partial charge in [0.2, 0.25) is 0 Å². The fraction of sp³-hybridized carbons (Fsp3) is 0.188. The molecule has 1 amide bonds. The second-order valence-electron chi connectivity index (χ2n) is 4.46.